The van der Waals surface area contributed by atoms with Crippen molar-refractivity contribution in [1.29, 1.82) is 0 Å². The van der Waals surface area contributed by atoms with Crippen molar-refractivity contribution in [2.45, 2.75) is 19.4 Å². The number of aryl methyl sites for hydroxylation is 1. The van der Waals surface area contributed by atoms with Gasteiger partial charge in [-0.05, 0) is 30.7 Å². The predicted octanol–water partition coefficient (Wildman–Crippen LogP) is 3.50. The van der Waals surface area contributed by atoms with Crippen LogP contribution in [0.25, 0.3) is 0 Å². The molecule has 0 bridgehead atoms. The lowest BCUT2D eigenvalue weighted by Crippen LogP contribution is -2.30. The molecule has 2 N–H and O–H groups in total. The number of nitrogens with one attached hydrogen (secondary N) is 1. The van der Waals surface area contributed by atoms with Gasteiger partial charge in [0.2, 0.25) is 0 Å². The largest absolute Gasteiger partial charge is 0.481 e. The SMILES string of the molecule is Cc1cccc(C(=O)N[C@H](CC(=O)O)c2cccc(Cl)c2)c1[N+](=O)[O-]. The molecule has 0 spiro atoms. The standard InChI is InChI=1S/C17H15ClN2O5/c1-10-4-2-7-13(16(10)20(24)25)17(23)19-14(9-15(21)22)11-5-3-6-12(18)8-11/h2-8,14H,9H2,1H3,(H,19,23)(H,21,22)/t14-/m1/s1. The van der Waals surface area contributed by atoms with E-state index in [0.717, 1.165) is 0 Å². The molecule has 1 amide bonds. The Morgan fingerprint density at radius 3 is 2.56 bits per heavy atom. The van der Waals surface area contributed by atoms with E-state index in [0.29, 0.717) is 16.1 Å². The van der Waals surface area contributed by atoms with Gasteiger partial charge in [0.1, 0.15) is 5.56 Å². The molecule has 7 nitrogen and oxygen atoms in total. The lowest BCUT2D eigenvalue weighted by Gasteiger charge is -2.18. The maximum atomic E-state index is 12.5. The number of amides is 1. The topological polar surface area (TPSA) is 110 Å². The van der Waals surface area contributed by atoms with Crippen LogP contribution in [0.4, 0.5) is 5.69 Å². The number of rotatable bonds is 6. The Balaban J connectivity index is 2.37. The van der Waals surface area contributed by atoms with Crippen LogP contribution in [0.1, 0.15) is 33.9 Å². The van der Waals surface area contributed by atoms with Gasteiger partial charge in [-0.25, -0.2) is 0 Å². The molecule has 0 aliphatic heterocycles. The molecule has 2 aromatic carbocycles. The summed E-state index contributed by atoms with van der Waals surface area (Å²) in [5.74, 6) is -1.84. The fraction of sp³-hybridized carbons (Fsp3) is 0.176. The summed E-state index contributed by atoms with van der Waals surface area (Å²) in [6, 6.07) is 9.94. The summed E-state index contributed by atoms with van der Waals surface area (Å²) in [6.45, 7) is 1.53. The molecule has 1 atom stereocenters. The zero-order chi connectivity index (χ0) is 18.6. The average Bonchev–Trinajstić information content (AvgIpc) is 2.53. The number of nitro groups is 1. The fourth-order valence-corrected chi connectivity index (χ4v) is 2.67. The summed E-state index contributed by atoms with van der Waals surface area (Å²) in [7, 11) is 0. The smallest absolute Gasteiger partial charge is 0.305 e. The molecule has 0 saturated carbocycles. The number of nitrogens with zero attached hydrogens (tertiary/aromatic N) is 1. The van der Waals surface area contributed by atoms with E-state index >= 15 is 0 Å². The summed E-state index contributed by atoms with van der Waals surface area (Å²) >= 11 is 5.92. The first kappa shape index (κ1) is 18.4. The van der Waals surface area contributed by atoms with E-state index in [1.165, 1.54) is 25.1 Å². The van der Waals surface area contributed by atoms with E-state index < -0.39 is 22.8 Å². The molecule has 0 heterocycles. The van der Waals surface area contributed by atoms with E-state index in [1.54, 1.807) is 24.3 Å². The van der Waals surface area contributed by atoms with Gasteiger partial charge >= 0.3 is 5.97 Å². The number of carboxylic acids is 1. The molecule has 0 aromatic heterocycles. The molecule has 2 rings (SSSR count). The molecule has 25 heavy (non-hydrogen) atoms. The molecule has 0 aliphatic carbocycles. The molecule has 0 saturated heterocycles. The van der Waals surface area contributed by atoms with Crippen LogP contribution in [0.2, 0.25) is 5.02 Å². The maximum Gasteiger partial charge on any atom is 0.305 e. The Bertz CT molecular complexity index is 838. The van der Waals surface area contributed by atoms with Gasteiger partial charge in [-0.1, -0.05) is 35.9 Å². The quantitative estimate of drug-likeness (QED) is 0.603. The van der Waals surface area contributed by atoms with E-state index in [2.05, 4.69) is 5.32 Å². The van der Waals surface area contributed by atoms with Crippen molar-refractivity contribution in [3.63, 3.8) is 0 Å². The van der Waals surface area contributed by atoms with Crippen LogP contribution < -0.4 is 5.32 Å². The molecular weight excluding hydrogens is 348 g/mol. The van der Waals surface area contributed by atoms with Gasteiger partial charge in [0.05, 0.1) is 17.4 Å². The Morgan fingerprint density at radius 2 is 1.96 bits per heavy atom. The van der Waals surface area contributed by atoms with Crippen molar-refractivity contribution in [2.24, 2.45) is 0 Å². The molecule has 0 unspecified atom stereocenters. The first-order valence-electron chi connectivity index (χ1n) is 7.31. The monoisotopic (exact) mass is 362 g/mol. The van der Waals surface area contributed by atoms with E-state index in [1.807, 2.05) is 0 Å². The number of hydrogen-bond acceptors (Lipinski definition) is 4. The number of hydrogen-bond donors (Lipinski definition) is 2. The Kier molecular flexibility index (Phi) is 5.71. The van der Waals surface area contributed by atoms with Gasteiger partial charge in [-0.2, -0.15) is 0 Å². The van der Waals surface area contributed by atoms with Gasteiger partial charge in [0, 0.05) is 10.6 Å². The first-order chi connectivity index (χ1) is 11.8. The van der Waals surface area contributed by atoms with Crippen molar-refractivity contribution < 1.29 is 19.6 Å². The van der Waals surface area contributed by atoms with Crippen LogP contribution in [0.15, 0.2) is 42.5 Å². The summed E-state index contributed by atoms with van der Waals surface area (Å²) in [5, 5.41) is 23.3. The highest BCUT2D eigenvalue weighted by atomic mass is 35.5. The average molecular weight is 363 g/mol. The predicted molar refractivity (Wildman–Crippen MR) is 91.7 cm³/mol. The number of benzene rings is 2. The lowest BCUT2D eigenvalue weighted by atomic mass is 10.0. The molecule has 0 fully saturated rings. The summed E-state index contributed by atoms with van der Waals surface area (Å²) in [6.07, 6.45) is -0.383. The first-order valence-corrected chi connectivity index (χ1v) is 7.69. The zero-order valence-corrected chi connectivity index (χ0v) is 14.0. The van der Waals surface area contributed by atoms with E-state index in [9.17, 15) is 19.7 Å². The molecule has 8 heteroatoms. The number of aliphatic carboxylic acids is 1. The minimum absolute atomic E-state index is 0.123. The summed E-state index contributed by atoms with van der Waals surface area (Å²) in [4.78, 5) is 34.3. The third kappa shape index (κ3) is 4.54. The molecule has 0 aliphatic rings. The highest BCUT2D eigenvalue weighted by Gasteiger charge is 2.25. The maximum absolute atomic E-state index is 12.5. The van der Waals surface area contributed by atoms with E-state index in [-0.39, 0.29) is 17.7 Å². The summed E-state index contributed by atoms with van der Waals surface area (Å²) in [5.41, 5.74) is 0.413. The molecule has 2 aromatic rings. The Morgan fingerprint density at radius 1 is 1.28 bits per heavy atom. The second kappa shape index (κ2) is 7.76. The highest BCUT2D eigenvalue weighted by Crippen LogP contribution is 2.25. The third-order valence-corrected chi connectivity index (χ3v) is 3.84. The van der Waals surface area contributed by atoms with Crippen molar-refractivity contribution in [3.05, 3.63) is 74.3 Å². The summed E-state index contributed by atoms with van der Waals surface area (Å²) < 4.78 is 0. The van der Waals surface area contributed by atoms with Crippen LogP contribution in [0, 0.1) is 17.0 Å². The van der Waals surface area contributed by atoms with Gasteiger partial charge < -0.3 is 10.4 Å². The molecule has 130 valence electrons. The number of halogens is 1. The minimum atomic E-state index is -1.12. The van der Waals surface area contributed by atoms with Crippen LogP contribution in [0.5, 0.6) is 0 Å². The molecule has 0 radical (unpaired) electrons. The second-order valence-electron chi connectivity index (χ2n) is 5.41. The molecular formula is C17H15ClN2O5. The van der Waals surface area contributed by atoms with Crippen molar-refractivity contribution in [2.75, 3.05) is 0 Å². The highest BCUT2D eigenvalue weighted by molar-refractivity contribution is 6.30. The Hall–Kier alpha value is -2.93. The van der Waals surface area contributed by atoms with Crippen molar-refractivity contribution >= 4 is 29.2 Å². The van der Waals surface area contributed by atoms with Gasteiger partial charge in [-0.3, -0.25) is 19.7 Å². The minimum Gasteiger partial charge on any atom is -0.481 e. The van der Waals surface area contributed by atoms with Crippen molar-refractivity contribution in [3.8, 4) is 0 Å². The van der Waals surface area contributed by atoms with Crippen molar-refractivity contribution in [1.82, 2.24) is 5.32 Å². The van der Waals surface area contributed by atoms with Gasteiger partial charge in [0.15, 0.2) is 0 Å². The number of carbonyl (C=O) groups is 2. The zero-order valence-electron chi connectivity index (χ0n) is 13.2. The van der Waals surface area contributed by atoms with Gasteiger partial charge in [-0.15, -0.1) is 0 Å². The number of nitro benzene ring substituents is 1. The Labute approximate surface area is 148 Å². The van der Waals surface area contributed by atoms with Crippen LogP contribution >= 0.6 is 11.6 Å². The van der Waals surface area contributed by atoms with Crippen LogP contribution in [0.3, 0.4) is 0 Å². The van der Waals surface area contributed by atoms with Gasteiger partial charge in [0.25, 0.3) is 11.6 Å². The fourth-order valence-electron chi connectivity index (χ4n) is 2.47. The number of carboxylic acid groups (broad SMARTS) is 1. The number of carbonyl (C=O) groups excluding carboxylic acids is 1. The normalized spacial score (nSPS) is 11.6. The van der Waals surface area contributed by atoms with Crippen LogP contribution in [-0.4, -0.2) is 21.9 Å². The number of para-hydroxylation sites is 1. The van der Waals surface area contributed by atoms with Crippen LogP contribution in [-0.2, 0) is 4.79 Å². The second-order valence-corrected chi connectivity index (χ2v) is 5.84. The lowest BCUT2D eigenvalue weighted by molar-refractivity contribution is -0.385. The van der Waals surface area contributed by atoms with E-state index in [4.69, 9.17) is 16.7 Å². The third-order valence-electron chi connectivity index (χ3n) is 3.60.